The molecule has 0 saturated heterocycles. The van der Waals surface area contributed by atoms with Crippen molar-refractivity contribution in [2.45, 2.75) is 6.54 Å². The second kappa shape index (κ2) is 10.5. The highest BCUT2D eigenvalue weighted by Gasteiger charge is 2.25. The van der Waals surface area contributed by atoms with Crippen LogP contribution in [0.5, 0.6) is 0 Å². The summed E-state index contributed by atoms with van der Waals surface area (Å²) >= 11 is 6.34. The number of fused-ring (bicyclic) bond motifs is 2. The van der Waals surface area contributed by atoms with E-state index in [1.165, 1.54) is 13.3 Å². The number of halogens is 1. The number of aldehydes is 1. The van der Waals surface area contributed by atoms with E-state index < -0.39 is 11.9 Å². The Hall–Kier alpha value is -4.80. The number of nitrogens with two attached hydrogens (primary N) is 1. The van der Waals surface area contributed by atoms with Crippen LogP contribution in [-0.2, 0) is 20.9 Å². The van der Waals surface area contributed by atoms with E-state index in [1.54, 1.807) is 64.1 Å². The molecule has 1 amide bonds. The first-order valence-electron chi connectivity index (χ1n) is 11.8. The van der Waals surface area contributed by atoms with Gasteiger partial charge in [-0.05, 0) is 30.3 Å². The third-order valence-corrected chi connectivity index (χ3v) is 6.56. The zero-order valence-electron chi connectivity index (χ0n) is 20.7. The summed E-state index contributed by atoms with van der Waals surface area (Å²) in [4.78, 5) is 41.9. The van der Waals surface area contributed by atoms with Crippen LogP contribution in [0, 0.1) is 0 Å². The van der Waals surface area contributed by atoms with E-state index in [0.29, 0.717) is 44.4 Å². The number of aromatic nitrogens is 4. The summed E-state index contributed by atoms with van der Waals surface area (Å²) in [5, 5.41) is 15.6. The van der Waals surface area contributed by atoms with Crippen LogP contribution < -0.4 is 5.73 Å². The molecule has 196 valence electrons. The van der Waals surface area contributed by atoms with Gasteiger partial charge in [-0.3, -0.25) is 19.3 Å². The molecule has 11 heteroatoms. The third kappa shape index (κ3) is 4.56. The molecular formula is C28H22ClN5O5. The fourth-order valence-corrected chi connectivity index (χ4v) is 4.80. The largest absolute Gasteiger partial charge is 0.465 e. The van der Waals surface area contributed by atoms with E-state index in [9.17, 15) is 19.5 Å². The number of primary amides is 1. The number of benzene rings is 2. The fraction of sp³-hybridized carbons (Fsp3) is 0.107. The number of methoxy groups -OCH3 is 1. The molecule has 3 aromatic heterocycles. The van der Waals surface area contributed by atoms with E-state index in [0.717, 1.165) is 0 Å². The van der Waals surface area contributed by atoms with Crippen molar-refractivity contribution >= 4 is 62.7 Å². The van der Waals surface area contributed by atoms with Gasteiger partial charge in [0.25, 0.3) is 5.91 Å². The minimum Gasteiger partial charge on any atom is -0.465 e. The lowest BCUT2D eigenvalue weighted by Gasteiger charge is -2.07. The minimum absolute atomic E-state index is 0.00463. The molecule has 5 aromatic rings. The summed E-state index contributed by atoms with van der Waals surface area (Å²) in [6, 6.07) is 13.9. The van der Waals surface area contributed by atoms with E-state index in [1.807, 2.05) is 6.07 Å². The molecule has 2 aromatic carbocycles. The number of amides is 1. The van der Waals surface area contributed by atoms with Crippen molar-refractivity contribution in [3.05, 3.63) is 89.0 Å². The highest BCUT2D eigenvalue weighted by Crippen LogP contribution is 2.36. The molecule has 0 unspecified atom stereocenters. The number of ether oxygens (including phenoxy) is 1. The lowest BCUT2D eigenvalue weighted by Crippen LogP contribution is -2.16. The highest BCUT2D eigenvalue weighted by molar-refractivity contribution is 6.38. The molecule has 0 fully saturated rings. The summed E-state index contributed by atoms with van der Waals surface area (Å²) in [5.74, 6) is -1.41. The van der Waals surface area contributed by atoms with E-state index in [2.05, 4.69) is 10.1 Å². The van der Waals surface area contributed by atoms with Crippen LogP contribution in [0.25, 0.3) is 38.6 Å². The number of nitrogens with zero attached hydrogens (tertiary/aromatic N) is 4. The molecule has 5 rings (SSSR count). The Kier molecular flexibility index (Phi) is 6.97. The zero-order valence-corrected chi connectivity index (χ0v) is 21.4. The van der Waals surface area contributed by atoms with E-state index in [-0.39, 0.29) is 35.6 Å². The molecule has 0 radical (unpaired) electrons. The van der Waals surface area contributed by atoms with E-state index in [4.69, 9.17) is 22.1 Å². The standard InChI is InChI=1S/C28H22ClN5O5/c1-39-28(38)16-10-18(13-31-12-16)33-14-21(20-11-17(29)6-7-23(20)33)22(15-36)25(27(30)37)26-19-4-2-3-5-24(19)34(32-26)8-9-35/h2-7,10-15,35H,8-9H2,1H3,(H2,30,37)/b25-22+. The lowest BCUT2D eigenvalue weighted by molar-refractivity contribution is -0.113. The average molecular weight is 544 g/mol. The monoisotopic (exact) mass is 543 g/mol. The Balaban J connectivity index is 1.82. The molecule has 0 spiro atoms. The summed E-state index contributed by atoms with van der Waals surface area (Å²) in [6.45, 7) is 0.00730. The van der Waals surface area contributed by atoms with Gasteiger partial charge in [-0.2, -0.15) is 5.10 Å². The van der Waals surface area contributed by atoms with Gasteiger partial charge in [0.2, 0.25) is 0 Å². The second-order valence-corrected chi connectivity index (χ2v) is 9.02. The molecule has 10 nitrogen and oxygen atoms in total. The van der Waals surface area contributed by atoms with Crippen LogP contribution in [0.1, 0.15) is 21.6 Å². The number of carbonyl (C=O) groups is 3. The average Bonchev–Trinajstić information content (AvgIpc) is 3.49. The Morgan fingerprint density at radius 2 is 1.90 bits per heavy atom. The van der Waals surface area contributed by atoms with Gasteiger partial charge in [0.15, 0.2) is 6.29 Å². The molecular weight excluding hydrogens is 522 g/mol. The van der Waals surface area contributed by atoms with Crippen LogP contribution in [0.4, 0.5) is 0 Å². The number of para-hydroxylation sites is 1. The molecule has 3 heterocycles. The summed E-state index contributed by atoms with van der Waals surface area (Å²) in [6.07, 6.45) is 5.14. The first kappa shape index (κ1) is 25.8. The molecule has 0 bridgehead atoms. The fourth-order valence-electron chi connectivity index (χ4n) is 4.63. The third-order valence-electron chi connectivity index (χ3n) is 6.32. The molecule has 0 saturated carbocycles. The van der Waals surface area contributed by atoms with Crippen molar-refractivity contribution in [1.82, 2.24) is 19.3 Å². The second-order valence-electron chi connectivity index (χ2n) is 8.58. The van der Waals surface area contributed by atoms with Crippen molar-refractivity contribution < 1.29 is 24.2 Å². The van der Waals surface area contributed by atoms with Crippen LogP contribution in [0.15, 0.2) is 67.1 Å². The maximum absolute atomic E-state index is 12.9. The van der Waals surface area contributed by atoms with Gasteiger partial charge >= 0.3 is 5.97 Å². The number of rotatable bonds is 8. The molecule has 0 atom stereocenters. The van der Waals surface area contributed by atoms with Gasteiger partial charge in [0.05, 0.1) is 54.3 Å². The number of aliphatic hydroxyl groups excluding tert-OH is 1. The number of pyridine rings is 1. The zero-order chi connectivity index (χ0) is 27.7. The van der Waals surface area contributed by atoms with Crippen LogP contribution in [0.2, 0.25) is 5.02 Å². The number of carbonyl (C=O) groups excluding carboxylic acids is 3. The number of aliphatic hydroxyl groups is 1. The first-order valence-corrected chi connectivity index (χ1v) is 12.2. The first-order chi connectivity index (χ1) is 18.9. The summed E-state index contributed by atoms with van der Waals surface area (Å²) in [5.41, 5.74) is 8.43. The predicted octanol–water partition coefficient (Wildman–Crippen LogP) is 3.40. The van der Waals surface area contributed by atoms with Crippen molar-refractivity contribution in [2.75, 3.05) is 13.7 Å². The smallest absolute Gasteiger partial charge is 0.339 e. The lowest BCUT2D eigenvalue weighted by atomic mass is 9.96. The van der Waals surface area contributed by atoms with E-state index >= 15 is 0 Å². The van der Waals surface area contributed by atoms with Gasteiger partial charge in [-0.15, -0.1) is 0 Å². The predicted molar refractivity (Wildman–Crippen MR) is 146 cm³/mol. The number of hydrogen-bond acceptors (Lipinski definition) is 7. The van der Waals surface area contributed by atoms with Gasteiger partial charge < -0.3 is 20.1 Å². The van der Waals surface area contributed by atoms with Gasteiger partial charge in [-0.1, -0.05) is 29.8 Å². The Labute approximate surface area is 226 Å². The van der Waals surface area contributed by atoms with Gasteiger partial charge in [0, 0.05) is 39.3 Å². The van der Waals surface area contributed by atoms with Crippen molar-refractivity contribution in [2.24, 2.45) is 5.73 Å². The topological polar surface area (TPSA) is 142 Å². The Morgan fingerprint density at radius 3 is 2.62 bits per heavy atom. The van der Waals surface area contributed by atoms with Crippen LogP contribution in [0.3, 0.4) is 0 Å². The number of esters is 1. The number of allylic oxidation sites excluding steroid dienone is 1. The molecule has 0 aliphatic rings. The van der Waals surface area contributed by atoms with Crippen LogP contribution in [-0.4, -0.2) is 56.3 Å². The highest BCUT2D eigenvalue weighted by atomic mass is 35.5. The molecule has 0 aliphatic heterocycles. The Bertz CT molecular complexity index is 1800. The summed E-state index contributed by atoms with van der Waals surface area (Å²) in [7, 11) is 1.28. The summed E-state index contributed by atoms with van der Waals surface area (Å²) < 4.78 is 8.10. The Morgan fingerprint density at radius 1 is 1.10 bits per heavy atom. The van der Waals surface area contributed by atoms with Gasteiger partial charge in [-0.25, -0.2) is 4.79 Å². The SMILES string of the molecule is COC(=O)c1cncc(-n2cc(/C(C=O)=C(/C(N)=O)c3nn(CCO)c4ccccc34)c3cc(Cl)ccc32)c1. The molecule has 39 heavy (non-hydrogen) atoms. The maximum atomic E-state index is 12.9. The number of hydrogen-bond donors (Lipinski definition) is 2. The maximum Gasteiger partial charge on any atom is 0.339 e. The normalized spacial score (nSPS) is 12.0. The van der Waals surface area contributed by atoms with Crippen LogP contribution >= 0.6 is 11.6 Å². The quantitative estimate of drug-likeness (QED) is 0.173. The van der Waals surface area contributed by atoms with Crippen molar-refractivity contribution in [1.29, 1.82) is 0 Å². The van der Waals surface area contributed by atoms with Crippen molar-refractivity contribution in [3.8, 4) is 5.69 Å². The minimum atomic E-state index is -0.853. The van der Waals surface area contributed by atoms with Crippen molar-refractivity contribution in [3.63, 3.8) is 0 Å². The van der Waals surface area contributed by atoms with Gasteiger partial charge in [0.1, 0.15) is 5.69 Å². The molecule has 0 aliphatic carbocycles. The molecule has 3 N–H and O–H groups in total.